The molecule has 3 rings (SSSR count). The molecule has 1 fully saturated rings. The van der Waals surface area contributed by atoms with Gasteiger partial charge in [0.15, 0.2) is 0 Å². The summed E-state index contributed by atoms with van der Waals surface area (Å²) >= 11 is 0. The molecular formula is C18H27NO. The van der Waals surface area contributed by atoms with Gasteiger partial charge in [-0.05, 0) is 54.9 Å². The normalized spacial score (nSPS) is 25.4. The van der Waals surface area contributed by atoms with Crippen molar-refractivity contribution in [1.29, 1.82) is 0 Å². The Bertz CT molecular complexity index is 455. The number of nitrogens with one attached hydrogen (secondary N) is 1. The number of rotatable bonds is 4. The van der Waals surface area contributed by atoms with E-state index in [4.69, 9.17) is 4.74 Å². The maximum absolute atomic E-state index is 5.58. The summed E-state index contributed by atoms with van der Waals surface area (Å²) < 4.78 is 5.58. The van der Waals surface area contributed by atoms with Gasteiger partial charge in [-0.3, -0.25) is 0 Å². The zero-order chi connectivity index (χ0) is 13.9. The third kappa shape index (κ3) is 3.28. The van der Waals surface area contributed by atoms with E-state index in [2.05, 4.69) is 37.4 Å². The molecule has 2 nitrogen and oxygen atoms in total. The number of fused-ring (bicyclic) bond motifs is 1. The molecule has 1 aliphatic carbocycles. The predicted octanol–water partition coefficient (Wildman–Crippen LogP) is 4.64. The van der Waals surface area contributed by atoms with E-state index in [1.165, 1.54) is 43.4 Å². The lowest BCUT2D eigenvalue weighted by atomic mass is 9.81. The standard InChI is InChI=1S/C18H27NO/c1-13(2)10-14-4-3-5-16(11-14)19-17-6-7-18-15(12-17)8-9-20-18/h6-7,12-14,16,19H,3-5,8-11H2,1-2H3. The van der Waals surface area contributed by atoms with E-state index in [1.54, 1.807) is 0 Å². The zero-order valence-corrected chi connectivity index (χ0v) is 12.8. The Morgan fingerprint density at radius 3 is 3.05 bits per heavy atom. The quantitative estimate of drug-likeness (QED) is 0.863. The lowest BCUT2D eigenvalue weighted by Gasteiger charge is -2.31. The van der Waals surface area contributed by atoms with Crippen LogP contribution in [0.4, 0.5) is 5.69 Å². The summed E-state index contributed by atoms with van der Waals surface area (Å²) in [5.41, 5.74) is 2.65. The minimum Gasteiger partial charge on any atom is -0.493 e. The maximum Gasteiger partial charge on any atom is 0.122 e. The van der Waals surface area contributed by atoms with Crippen molar-refractivity contribution < 1.29 is 4.74 Å². The highest BCUT2D eigenvalue weighted by Gasteiger charge is 2.23. The molecule has 20 heavy (non-hydrogen) atoms. The van der Waals surface area contributed by atoms with Gasteiger partial charge in [0.1, 0.15) is 5.75 Å². The summed E-state index contributed by atoms with van der Waals surface area (Å²) in [5.74, 6) is 2.83. The van der Waals surface area contributed by atoms with Crippen LogP contribution in [0.3, 0.4) is 0 Å². The molecule has 2 unspecified atom stereocenters. The van der Waals surface area contributed by atoms with Crippen LogP contribution in [0.25, 0.3) is 0 Å². The number of hydrogen-bond donors (Lipinski definition) is 1. The van der Waals surface area contributed by atoms with Gasteiger partial charge in [-0.1, -0.05) is 26.7 Å². The van der Waals surface area contributed by atoms with Gasteiger partial charge in [-0.15, -0.1) is 0 Å². The van der Waals surface area contributed by atoms with Gasteiger partial charge in [0, 0.05) is 18.2 Å². The van der Waals surface area contributed by atoms with Gasteiger partial charge in [0.2, 0.25) is 0 Å². The van der Waals surface area contributed by atoms with Crippen LogP contribution < -0.4 is 10.1 Å². The largest absolute Gasteiger partial charge is 0.493 e. The van der Waals surface area contributed by atoms with Crippen molar-refractivity contribution in [2.75, 3.05) is 11.9 Å². The Morgan fingerprint density at radius 1 is 1.30 bits per heavy atom. The van der Waals surface area contributed by atoms with Gasteiger partial charge >= 0.3 is 0 Å². The van der Waals surface area contributed by atoms with Crippen molar-refractivity contribution in [3.8, 4) is 5.75 Å². The first kappa shape index (κ1) is 13.8. The molecule has 2 heteroatoms. The van der Waals surface area contributed by atoms with Crippen LogP contribution in [0.5, 0.6) is 5.75 Å². The lowest BCUT2D eigenvalue weighted by Crippen LogP contribution is -2.27. The van der Waals surface area contributed by atoms with Crippen molar-refractivity contribution in [2.24, 2.45) is 11.8 Å². The van der Waals surface area contributed by atoms with Gasteiger partial charge in [0.05, 0.1) is 6.61 Å². The van der Waals surface area contributed by atoms with Crippen LogP contribution in [0.1, 0.15) is 51.5 Å². The number of benzene rings is 1. The van der Waals surface area contributed by atoms with Crippen LogP contribution >= 0.6 is 0 Å². The number of hydrogen-bond acceptors (Lipinski definition) is 2. The average Bonchev–Trinajstić information content (AvgIpc) is 2.85. The van der Waals surface area contributed by atoms with Crippen molar-refractivity contribution in [1.82, 2.24) is 0 Å². The second-order valence-electron chi connectivity index (χ2n) is 6.92. The highest BCUT2D eigenvalue weighted by molar-refractivity contribution is 5.53. The molecule has 0 amide bonds. The third-order valence-electron chi connectivity index (χ3n) is 4.65. The van der Waals surface area contributed by atoms with Gasteiger partial charge in [0.25, 0.3) is 0 Å². The molecule has 1 N–H and O–H groups in total. The number of anilines is 1. The molecule has 1 aromatic rings. The van der Waals surface area contributed by atoms with E-state index in [0.29, 0.717) is 6.04 Å². The van der Waals surface area contributed by atoms with Gasteiger partial charge < -0.3 is 10.1 Å². The molecule has 0 saturated heterocycles. The molecule has 0 aromatic heterocycles. The predicted molar refractivity (Wildman–Crippen MR) is 84.5 cm³/mol. The van der Waals surface area contributed by atoms with Gasteiger partial charge in [-0.2, -0.15) is 0 Å². The molecule has 1 aromatic carbocycles. The van der Waals surface area contributed by atoms with E-state index in [9.17, 15) is 0 Å². The van der Waals surface area contributed by atoms with Crippen LogP contribution in [0.15, 0.2) is 18.2 Å². The van der Waals surface area contributed by atoms with Crippen LogP contribution in [-0.2, 0) is 6.42 Å². The molecule has 0 bridgehead atoms. The van der Waals surface area contributed by atoms with Crippen molar-refractivity contribution in [3.63, 3.8) is 0 Å². The van der Waals surface area contributed by atoms with E-state index >= 15 is 0 Å². The number of ether oxygens (including phenoxy) is 1. The molecule has 110 valence electrons. The highest BCUT2D eigenvalue weighted by atomic mass is 16.5. The first-order chi connectivity index (χ1) is 9.70. The van der Waals surface area contributed by atoms with E-state index in [1.807, 2.05) is 0 Å². The molecular weight excluding hydrogens is 246 g/mol. The molecule has 0 spiro atoms. The second kappa shape index (κ2) is 6.07. The van der Waals surface area contributed by atoms with Crippen molar-refractivity contribution >= 4 is 5.69 Å². The summed E-state index contributed by atoms with van der Waals surface area (Å²) in [6, 6.07) is 7.25. The Balaban J connectivity index is 1.59. The van der Waals surface area contributed by atoms with Crippen LogP contribution in [-0.4, -0.2) is 12.6 Å². The van der Waals surface area contributed by atoms with E-state index < -0.39 is 0 Å². The fourth-order valence-corrected chi connectivity index (χ4v) is 3.81. The summed E-state index contributed by atoms with van der Waals surface area (Å²) in [6.45, 7) is 5.54. The fraction of sp³-hybridized carbons (Fsp3) is 0.667. The summed E-state index contributed by atoms with van der Waals surface area (Å²) in [5, 5.41) is 3.76. The Labute approximate surface area is 122 Å². The maximum atomic E-state index is 5.58. The molecule has 2 aliphatic rings. The molecule has 1 aliphatic heterocycles. The fourth-order valence-electron chi connectivity index (χ4n) is 3.81. The van der Waals surface area contributed by atoms with Crippen LogP contribution in [0.2, 0.25) is 0 Å². The minimum absolute atomic E-state index is 0.660. The van der Waals surface area contributed by atoms with Crippen molar-refractivity contribution in [3.05, 3.63) is 23.8 Å². The Kier molecular flexibility index (Phi) is 4.18. The Hall–Kier alpha value is -1.18. The highest BCUT2D eigenvalue weighted by Crippen LogP contribution is 2.33. The van der Waals surface area contributed by atoms with Crippen molar-refractivity contribution in [2.45, 2.75) is 58.4 Å². The summed E-state index contributed by atoms with van der Waals surface area (Å²) in [4.78, 5) is 0. The monoisotopic (exact) mass is 273 g/mol. The minimum atomic E-state index is 0.660. The average molecular weight is 273 g/mol. The molecule has 1 saturated carbocycles. The zero-order valence-electron chi connectivity index (χ0n) is 12.8. The summed E-state index contributed by atoms with van der Waals surface area (Å²) in [7, 11) is 0. The third-order valence-corrected chi connectivity index (χ3v) is 4.65. The first-order valence-electron chi connectivity index (χ1n) is 8.23. The van der Waals surface area contributed by atoms with E-state index in [0.717, 1.165) is 30.6 Å². The topological polar surface area (TPSA) is 21.3 Å². The lowest BCUT2D eigenvalue weighted by molar-refractivity contribution is 0.289. The van der Waals surface area contributed by atoms with Gasteiger partial charge in [-0.25, -0.2) is 0 Å². The smallest absolute Gasteiger partial charge is 0.122 e. The molecule has 2 atom stereocenters. The molecule has 1 heterocycles. The van der Waals surface area contributed by atoms with E-state index in [-0.39, 0.29) is 0 Å². The van der Waals surface area contributed by atoms with Crippen LogP contribution in [0, 0.1) is 11.8 Å². The second-order valence-corrected chi connectivity index (χ2v) is 6.92. The Morgan fingerprint density at radius 2 is 2.20 bits per heavy atom. The SMILES string of the molecule is CC(C)CC1CCCC(Nc2ccc3c(c2)CCO3)C1. The molecule has 0 radical (unpaired) electrons. The summed E-state index contributed by atoms with van der Waals surface area (Å²) in [6.07, 6.45) is 7.91. The first-order valence-corrected chi connectivity index (χ1v) is 8.23.